The Morgan fingerprint density at radius 3 is 2.75 bits per heavy atom. The van der Waals surface area contributed by atoms with E-state index in [1.54, 1.807) is 12.1 Å². The van der Waals surface area contributed by atoms with E-state index in [2.05, 4.69) is 0 Å². The molecule has 0 aliphatic carbocycles. The number of carbonyl (C=O) groups is 1. The molecule has 0 atom stereocenters. The number of nitro groups is 1. The average Bonchev–Trinajstić information content (AvgIpc) is 2.16. The molecule has 1 aromatic carbocycles. The van der Waals surface area contributed by atoms with Crippen molar-refractivity contribution in [3.8, 4) is 0 Å². The number of carboxylic acids is 1. The molecule has 0 aliphatic rings. The third-order valence-corrected chi connectivity index (χ3v) is 2.27. The van der Waals surface area contributed by atoms with E-state index in [1.807, 2.05) is 6.92 Å². The Labute approximate surface area is 92.9 Å². The lowest BCUT2D eigenvalue weighted by Gasteiger charge is -2.03. The van der Waals surface area contributed by atoms with Gasteiger partial charge >= 0.3 is 5.97 Å². The molecule has 0 unspecified atom stereocenters. The van der Waals surface area contributed by atoms with Crippen LogP contribution in [0.4, 0.5) is 5.69 Å². The van der Waals surface area contributed by atoms with Crippen molar-refractivity contribution in [1.29, 1.82) is 0 Å². The largest absolute Gasteiger partial charge is 0.481 e. The molecular weight excluding hydrogens is 210 g/mol. The predicted molar refractivity (Wildman–Crippen MR) is 58.4 cm³/mol. The molecule has 5 nitrogen and oxygen atoms in total. The van der Waals surface area contributed by atoms with Crippen molar-refractivity contribution in [3.05, 3.63) is 39.4 Å². The lowest BCUT2D eigenvalue weighted by Crippen LogP contribution is -1.99. The molecule has 0 radical (unpaired) electrons. The molecule has 0 saturated carbocycles. The van der Waals surface area contributed by atoms with Gasteiger partial charge in [0.05, 0.1) is 4.92 Å². The second kappa shape index (κ2) is 5.25. The Morgan fingerprint density at radius 1 is 1.50 bits per heavy atom. The smallest absolute Gasteiger partial charge is 0.303 e. The first-order valence-electron chi connectivity index (χ1n) is 4.96. The van der Waals surface area contributed by atoms with Gasteiger partial charge in [0.1, 0.15) is 0 Å². The van der Waals surface area contributed by atoms with Gasteiger partial charge in [0.15, 0.2) is 0 Å². The van der Waals surface area contributed by atoms with Crippen LogP contribution in [-0.2, 0) is 11.2 Å². The Hall–Kier alpha value is -1.91. The van der Waals surface area contributed by atoms with Gasteiger partial charge in [-0.3, -0.25) is 14.9 Å². The minimum Gasteiger partial charge on any atom is -0.481 e. The fourth-order valence-electron chi connectivity index (χ4n) is 1.52. The SMILES string of the molecule is Cc1ccc([N+](=O)[O-])c(CCCC(=O)O)c1. The number of rotatable bonds is 5. The summed E-state index contributed by atoms with van der Waals surface area (Å²) in [5.41, 5.74) is 1.61. The van der Waals surface area contributed by atoms with E-state index >= 15 is 0 Å². The van der Waals surface area contributed by atoms with Crippen LogP contribution in [0, 0.1) is 17.0 Å². The quantitative estimate of drug-likeness (QED) is 0.613. The van der Waals surface area contributed by atoms with Crippen molar-refractivity contribution in [1.82, 2.24) is 0 Å². The maximum atomic E-state index is 10.7. The number of aryl methyl sites for hydroxylation is 2. The van der Waals surface area contributed by atoms with Crippen LogP contribution in [0.15, 0.2) is 18.2 Å². The van der Waals surface area contributed by atoms with E-state index in [0.717, 1.165) is 5.56 Å². The monoisotopic (exact) mass is 223 g/mol. The van der Waals surface area contributed by atoms with Crippen molar-refractivity contribution >= 4 is 11.7 Å². The molecule has 1 rings (SSSR count). The molecule has 0 saturated heterocycles. The van der Waals surface area contributed by atoms with Gasteiger partial charge in [-0.25, -0.2) is 0 Å². The first-order valence-corrected chi connectivity index (χ1v) is 4.96. The Morgan fingerprint density at radius 2 is 2.19 bits per heavy atom. The molecule has 5 heteroatoms. The second-order valence-electron chi connectivity index (χ2n) is 3.64. The van der Waals surface area contributed by atoms with Gasteiger partial charge in [-0.15, -0.1) is 0 Å². The summed E-state index contributed by atoms with van der Waals surface area (Å²) in [6.07, 6.45) is 0.870. The standard InChI is InChI=1S/C11H13NO4/c1-8-5-6-10(12(15)16)9(7-8)3-2-4-11(13)14/h5-7H,2-4H2,1H3,(H,13,14). The van der Waals surface area contributed by atoms with Crippen LogP contribution in [-0.4, -0.2) is 16.0 Å². The van der Waals surface area contributed by atoms with Gasteiger partial charge in [-0.1, -0.05) is 11.6 Å². The summed E-state index contributed by atoms with van der Waals surface area (Å²) in [6, 6.07) is 4.88. The highest BCUT2D eigenvalue weighted by Crippen LogP contribution is 2.21. The minimum absolute atomic E-state index is 0.0328. The first-order chi connectivity index (χ1) is 7.50. The van der Waals surface area contributed by atoms with Gasteiger partial charge in [-0.05, 0) is 25.8 Å². The summed E-state index contributed by atoms with van der Waals surface area (Å²) < 4.78 is 0. The van der Waals surface area contributed by atoms with Gasteiger partial charge in [0, 0.05) is 18.1 Å². The molecule has 1 N–H and O–H groups in total. The highest BCUT2D eigenvalue weighted by molar-refractivity contribution is 5.66. The Kier molecular flexibility index (Phi) is 3.99. The van der Waals surface area contributed by atoms with Crippen LogP contribution in [0.5, 0.6) is 0 Å². The second-order valence-corrected chi connectivity index (χ2v) is 3.64. The minimum atomic E-state index is -0.879. The number of nitro benzene ring substituents is 1. The van der Waals surface area contributed by atoms with Crippen LogP contribution in [0.2, 0.25) is 0 Å². The maximum absolute atomic E-state index is 10.7. The van der Waals surface area contributed by atoms with E-state index in [0.29, 0.717) is 18.4 Å². The van der Waals surface area contributed by atoms with E-state index in [9.17, 15) is 14.9 Å². The highest BCUT2D eigenvalue weighted by Gasteiger charge is 2.13. The molecule has 0 amide bonds. The zero-order valence-corrected chi connectivity index (χ0v) is 8.97. The average molecular weight is 223 g/mol. The Bertz CT molecular complexity index is 414. The van der Waals surface area contributed by atoms with Crippen molar-refractivity contribution in [3.63, 3.8) is 0 Å². The number of hydrogen-bond donors (Lipinski definition) is 1. The zero-order chi connectivity index (χ0) is 12.1. The molecule has 0 spiro atoms. The summed E-state index contributed by atoms with van der Waals surface area (Å²) in [7, 11) is 0. The fraction of sp³-hybridized carbons (Fsp3) is 0.364. The summed E-state index contributed by atoms with van der Waals surface area (Å²) in [5.74, 6) is -0.879. The van der Waals surface area contributed by atoms with Crippen LogP contribution in [0.1, 0.15) is 24.0 Å². The van der Waals surface area contributed by atoms with Crippen molar-refractivity contribution in [2.45, 2.75) is 26.2 Å². The van der Waals surface area contributed by atoms with Crippen molar-refractivity contribution < 1.29 is 14.8 Å². The van der Waals surface area contributed by atoms with Gasteiger partial charge < -0.3 is 5.11 Å². The molecule has 86 valence electrons. The molecule has 0 bridgehead atoms. The van der Waals surface area contributed by atoms with E-state index in [4.69, 9.17) is 5.11 Å². The lowest BCUT2D eigenvalue weighted by atomic mass is 10.0. The van der Waals surface area contributed by atoms with Crippen LogP contribution >= 0.6 is 0 Å². The molecule has 0 fully saturated rings. The molecule has 1 aromatic rings. The van der Waals surface area contributed by atoms with E-state index in [-0.39, 0.29) is 12.1 Å². The number of aliphatic carboxylic acids is 1. The van der Waals surface area contributed by atoms with Gasteiger partial charge in [-0.2, -0.15) is 0 Å². The number of hydrogen-bond acceptors (Lipinski definition) is 3. The molecule has 0 aliphatic heterocycles. The van der Waals surface area contributed by atoms with Crippen molar-refractivity contribution in [2.75, 3.05) is 0 Å². The highest BCUT2D eigenvalue weighted by atomic mass is 16.6. The first kappa shape index (κ1) is 12.2. The van der Waals surface area contributed by atoms with Crippen molar-refractivity contribution in [2.24, 2.45) is 0 Å². The predicted octanol–water partition coefficient (Wildman–Crippen LogP) is 2.31. The van der Waals surface area contributed by atoms with Gasteiger partial charge in [0.25, 0.3) is 5.69 Å². The normalized spacial score (nSPS) is 10.1. The Balaban J connectivity index is 2.80. The van der Waals surface area contributed by atoms with E-state index < -0.39 is 10.9 Å². The van der Waals surface area contributed by atoms with Gasteiger partial charge in [0.2, 0.25) is 0 Å². The van der Waals surface area contributed by atoms with Crippen LogP contribution < -0.4 is 0 Å². The maximum Gasteiger partial charge on any atom is 0.303 e. The topological polar surface area (TPSA) is 80.4 Å². The number of carboxylic acid groups (broad SMARTS) is 1. The third-order valence-electron chi connectivity index (χ3n) is 2.27. The summed E-state index contributed by atoms with van der Waals surface area (Å²) in [5, 5.41) is 19.2. The zero-order valence-electron chi connectivity index (χ0n) is 8.97. The molecule has 0 aromatic heterocycles. The lowest BCUT2D eigenvalue weighted by molar-refractivity contribution is -0.385. The summed E-state index contributed by atoms with van der Waals surface area (Å²) in [4.78, 5) is 20.6. The van der Waals surface area contributed by atoms with Crippen LogP contribution in [0.25, 0.3) is 0 Å². The molecule has 16 heavy (non-hydrogen) atoms. The fourth-order valence-corrected chi connectivity index (χ4v) is 1.52. The number of nitrogens with zero attached hydrogens (tertiary/aromatic N) is 1. The van der Waals surface area contributed by atoms with E-state index in [1.165, 1.54) is 6.07 Å². The summed E-state index contributed by atoms with van der Waals surface area (Å²) >= 11 is 0. The summed E-state index contributed by atoms with van der Waals surface area (Å²) in [6.45, 7) is 1.85. The van der Waals surface area contributed by atoms with Crippen LogP contribution in [0.3, 0.4) is 0 Å². The molecule has 0 heterocycles. The molecular formula is C11H13NO4. The number of benzene rings is 1. The third kappa shape index (κ3) is 3.34.